The molecule has 166 valence electrons. The molecule has 1 amide bonds. The van der Waals surface area contributed by atoms with Crippen LogP contribution in [0.5, 0.6) is 0 Å². The summed E-state index contributed by atoms with van der Waals surface area (Å²) in [6.07, 6.45) is 4.35. The van der Waals surface area contributed by atoms with Gasteiger partial charge < -0.3 is 15.0 Å². The van der Waals surface area contributed by atoms with Gasteiger partial charge in [-0.2, -0.15) is 8.42 Å². The summed E-state index contributed by atoms with van der Waals surface area (Å²) >= 11 is 0. The third-order valence-electron chi connectivity index (χ3n) is 5.32. The van der Waals surface area contributed by atoms with Crippen LogP contribution in [0.3, 0.4) is 0 Å². The molecule has 0 saturated carbocycles. The number of ether oxygens (including phenoxy) is 1. The Morgan fingerprint density at radius 1 is 1.19 bits per heavy atom. The zero-order valence-electron chi connectivity index (χ0n) is 17.5. The highest BCUT2D eigenvalue weighted by Gasteiger charge is 2.39. The van der Waals surface area contributed by atoms with Gasteiger partial charge in [0.15, 0.2) is 5.84 Å². The summed E-state index contributed by atoms with van der Waals surface area (Å²) in [7, 11) is -3.75. The number of carbonyl (C=O) groups is 2. The van der Waals surface area contributed by atoms with Crippen LogP contribution in [0.4, 0.5) is 5.69 Å². The first-order chi connectivity index (χ1) is 15.4. The van der Waals surface area contributed by atoms with Crippen LogP contribution < -0.4 is 5.32 Å². The molecule has 2 aromatic rings. The summed E-state index contributed by atoms with van der Waals surface area (Å²) < 4.78 is 33.6. The van der Waals surface area contributed by atoms with Crippen molar-refractivity contribution in [2.75, 3.05) is 18.5 Å². The zero-order valence-corrected chi connectivity index (χ0v) is 18.3. The molecule has 2 aliphatic rings. The molecule has 1 saturated heterocycles. The van der Waals surface area contributed by atoms with Crippen molar-refractivity contribution < 1.29 is 22.7 Å². The van der Waals surface area contributed by atoms with Crippen molar-refractivity contribution >= 4 is 39.5 Å². The number of nitrogens with one attached hydrogen (secondary N) is 1. The second-order valence-corrected chi connectivity index (χ2v) is 9.01. The van der Waals surface area contributed by atoms with Crippen molar-refractivity contribution in [1.29, 1.82) is 0 Å². The highest BCUT2D eigenvalue weighted by atomic mass is 32.2. The summed E-state index contributed by atoms with van der Waals surface area (Å²) in [5.41, 5.74) is 1.93. The van der Waals surface area contributed by atoms with E-state index in [1.165, 1.54) is 12.1 Å². The van der Waals surface area contributed by atoms with Gasteiger partial charge in [-0.15, -0.1) is 4.40 Å². The summed E-state index contributed by atoms with van der Waals surface area (Å²) in [6.45, 7) is 2.61. The van der Waals surface area contributed by atoms with E-state index in [1.807, 2.05) is 0 Å². The highest BCUT2D eigenvalue weighted by Crippen LogP contribution is 2.31. The Morgan fingerprint density at radius 3 is 2.69 bits per heavy atom. The van der Waals surface area contributed by atoms with Gasteiger partial charge in [0.25, 0.3) is 10.0 Å². The van der Waals surface area contributed by atoms with Crippen molar-refractivity contribution in [2.24, 2.45) is 4.40 Å². The molecule has 0 unspecified atom stereocenters. The second kappa shape index (κ2) is 8.96. The highest BCUT2D eigenvalue weighted by molar-refractivity contribution is 7.90. The monoisotopic (exact) mass is 453 g/mol. The Bertz CT molecular complexity index is 1200. The molecule has 0 aromatic heterocycles. The molecule has 1 N–H and O–H groups in total. The molecule has 2 aromatic carbocycles. The molecule has 2 heterocycles. The maximum absolute atomic E-state index is 13.0. The number of rotatable bonds is 5. The molecule has 2 aliphatic heterocycles. The third-order valence-corrected chi connectivity index (χ3v) is 6.64. The molecule has 1 atom stereocenters. The normalized spacial score (nSPS) is 19.0. The molecular formula is C23H23N3O5S. The minimum Gasteiger partial charge on any atom is -0.463 e. The van der Waals surface area contributed by atoms with E-state index in [9.17, 15) is 18.0 Å². The van der Waals surface area contributed by atoms with E-state index >= 15 is 0 Å². The van der Waals surface area contributed by atoms with Crippen LogP contribution in [0.15, 0.2) is 63.9 Å². The number of likely N-dealkylation sites (tertiary alicyclic amines) is 1. The third kappa shape index (κ3) is 4.43. The number of carbonyl (C=O) groups excluding carboxylic acids is 2. The summed E-state index contributed by atoms with van der Waals surface area (Å²) in [4.78, 5) is 26.4. The largest absolute Gasteiger partial charge is 0.463 e. The smallest absolute Gasteiger partial charge is 0.330 e. The molecule has 8 nitrogen and oxygen atoms in total. The van der Waals surface area contributed by atoms with Gasteiger partial charge in [0, 0.05) is 23.9 Å². The summed E-state index contributed by atoms with van der Waals surface area (Å²) in [6, 6.07) is 13.2. The minimum absolute atomic E-state index is 0.174. The lowest BCUT2D eigenvalue weighted by Crippen LogP contribution is -2.43. The van der Waals surface area contributed by atoms with Gasteiger partial charge in [0.2, 0.25) is 5.91 Å². The first-order valence-corrected chi connectivity index (χ1v) is 11.8. The lowest BCUT2D eigenvalue weighted by Gasteiger charge is -2.25. The van der Waals surface area contributed by atoms with E-state index in [2.05, 4.69) is 9.71 Å². The number of esters is 1. The minimum atomic E-state index is -3.75. The van der Waals surface area contributed by atoms with E-state index in [4.69, 9.17) is 4.74 Å². The van der Waals surface area contributed by atoms with Gasteiger partial charge in [-0.25, -0.2) is 4.79 Å². The number of anilines is 1. The Balaban J connectivity index is 1.47. The Kier molecular flexibility index (Phi) is 6.09. The molecule has 0 bridgehead atoms. The second-order valence-electron chi connectivity index (χ2n) is 7.43. The molecule has 32 heavy (non-hydrogen) atoms. The van der Waals surface area contributed by atoms with Crippen molar-refractivity contribution in [1.82, 2.24) is 4.90 Å². The molecule has 9 heteroatoms. The van der Waals surface area contributed by atoms with Gasteiger partial charge >= 0.3 is 5.97 Å². The van der Waals surface area contributed by atoms with Crippen LogP contribution in [-0.2, 0) is 24.3 Å². The SMILES string of the molecule is CCOC(=O)/C=C/c1ccc(NC(=O)[C@@H]2CCCN2C2=NS(=O)(=O)c3ccccc32)cc1. The average molecular weight is 454 g/mol. The lowest BCUT2D eigenvalue weighted by atomic mass is 10.1. The first kappa shape index (κ1) is 21.8. The molecule has 1 fully saturated rings. The molecule has 0 aliphatic carbocycles. The van der Waals surface area contributed by atoms with Gasteiger partial charge in [0.05, 0.1) is 6.61 Å². The fourth-order valence-corrected chi connectivity index (χ4v) is 5.06. The quantitative estimate of drug-likeness (QED) is 0.551. The lowest BCUT2D eigenvalue weighted by molar-refractivity contribution is -0.137. The Hall–Kier alpha value is -3.46. The van der Waals surface area contributed by atoms with Crippen LogP contribution in [0, 0.1) is 0 Å². The zero-order chi connectivity index (χ0) is 22.7. The fourth-order valence-electron chi connectivity index (χ4n) is 3.85. The number of benzene rings is 2. The summed E-state index contributed by atoms with van der Waals surface area (Å²) in [5, 5.41) is 2.89. The molecular weight excluding hydrogens is 430 g/mol. The van der Waals surface area contributed by atoms with Crippen molar-refractivity contribution in [2.45, 2.75) is 30.7 Å². The standard InChI is InChI=1S/C23H23N3O5S/c1-2-31-21(27)14-11-16-9-12-17(13-10-16)24-23(28)19-7-5-15-26(19)22-18-6-3-4-8-20(18)32(29,30)25-22/h3-4,6,8-14,19H,2,5,7,15H2,1H3,(H,24,28)/b14-11+/t19-/m0/s1. The van der Waals surface area contributed by atoms with Crippen LogP contribution >= 0.6 is 0 Å². The van der Waals surface area contributed by atoms with Gasteiger partial charge in [0.1, 0.15) is 10.9 Å². The first-order valence-electron chi connectivity index (χ1n) is 10.4. The number of hydrogen-bond acceptors (Lipinski definition) is 6. The number of sulfonamides is 1. The van der Waals surface area contributed by atoms with Crippen molar-refractivity contribution in [3.05, 3.63) is 65.7 Å². The number of fused-ring (bicyclic) bond motifs is 1. The van der Waals surface area contributed by atoms with Crippen molar-refractivity contribution in [3.63, 3.8) is 0 Å². The van der Waals surface area contributed by atoms with Crippen LogP contribution in [0.2, 0.25) is 0 Å². The number of amides is 1. The van der Waals surface area contributed by atoms with Gasteiger partial charge in [-0.05, 0) is 55.7 Å². The predicted octanol–water partition coefficient (Wildman–Crippen LogP) is 2.81. The van der Waals surface area contributed by atoms with E-state index in [0.29, 0.717) is 36.7 Å². The topological polar surface area (TPSA) is 105 Å². The number of amidine groups is 1. The molecule has 0 spiro atoms. The Labute approximate surface area is 186 Å². The van der Waals surface area contributed by atoms with Crippen LogP contribution in [0.25, 0.3) is 6.08 Å². The fraction of sp³-hybridized carbons (Fsp3) is 0.261. The molecule has 4 rings (SSSR count). The maximum Gasteiger partial charge on any atom is 0.330 e. The van der Waals surface area contributed by atoms with Crippen LogP contribution in [0.1, 0.15) is 30.9 Å². The Morgan fingerprint density at radius 2 is 1.94 bits per heavy atom. The van der Waals surface area contributed by atoms with Gasteiger partial charge in [-0.1, -0.05) is 24.3 Å². The van der Waals surface area contributed by atoms with Crippen LogP contribution in [-0.4, -0.2) is 50.2 Å². The van der Waals surface area contributed by atoms with E-state index < -0.39 is 22.0 Å². The van der Waals surface area contributed by atoms with E-state index in [0.717, 1.165) is 12.0 Å². The van der Waals surface area contributed by atoms with Crippen molar-refractivity contribution in [3.8, 4) is 0 Å². The average Bonchev–Trinajstić information content (AvgIpc) is 3.36. The van der Waals surface area contributed by atoms with Gasteiger partial charge in [-0.3, -0.25) is 4.79 Å². The maximum atomic E-state index is 13.0. The van der Waals surface area contributed by atoms with E-state index in [1.54, 1.807) is 60.4 Å². The van der Waals surface area contributed by atoms with E-state index in [-0.39, 0.29) is 10.8 Å². The summed E-state index contributed by atoms with van der Waals surface area (Å²) in [5.74, 6) is -0.302. The number of hydrogen-bond donors (Lipinski definition) is 1. The number of nitrogens with zero attached hydrogens (tertiary/aromatic N) is 2. The predicted molar refractivity (Wildman–Crippen MR) is 121 cm³/mol. The molecule has 0 radical (unpaired) electrons.